The molecule has 0 aliphatic rings. The van der Waals surface area contributed by atoms with Crippen LogP contribution >= 0.6 is 0 Å². The molecule has 0 bridgehead atoms. The molecule has 0 saturated carbocycles. The van der Waals surface area contributed by atoms with E-state index < -0.39 is 17.0 Å². The van der Waals surface area contributed by atoms with Crippen molar-refractivity contribution in [3.05, 3.63) is 40.1 Å². The topological polar surface area (TPSA) is 112 Å². The molecule has 2 rings (SSSR count). The molecule has 2 aromatic rings. The minimum Gasteiger partial charge on any atom is -0.477 e. The largest absolute Gasteiger partial charge is 0.477 e. The summed E-state index contributed by atoms with van der Waals surface area (Å²) in [6.07, 6.45) is -0.889. The number of carbonyl (C=O) groups excluding carboxylic acids is 1. The number of hydrogen-bond acceptors (Lipinski definition) is 5. The maximum absolute atomic E-state index is 11.8. The van der Waals surface area contributed by atoms with Gasteiger partial charge in [-0.2, -0.15) is 0 Å². The van der Waals surface area contributed by atoms with Gasteiger partial charge in [-0.1, -0.05) is 0 Å². The second-order valence-corrected chi connectivity index (χ2v) is 3.87. The van der Waals surface area contributed by atoms with Crippen molar-refractivity contribution in [2.24, 2.45) is 0 Å². The lowest BCUT2D eigenvalue weighted by Crippen LogP contribution is -2.18. The van der Waals surface area contributed by atoms with E-state index in [0.29, 0.717) is 5.39 Å². The van der Waals surface area contributed by atoms with Crippen LogP contribution in [-0.4, -0.2) is 33.3 Å². The van der Waals surface area contributed by atoms with Gasteiger partial charge in [0.1, 0.15) is 5.69 Å². The molecule has 0 aliphatic heterocycles. The highest BCUT2D eigenvalue weighted by Gasteiger charge is 2.22. The van der Waals surface area contributed by atoms with E-state index in [1.54, 1.807) is 6.92 Å². The van der Waals surface area contributed by atoms with Crippen LogP contribution in [0.1, 0.15) is 17.4 Å². The van der Waals surface area contributed by atoms with E-state index in [1.165, 1.54) is 18.2 Å². The Bertz CT molecular complexity index is 718. The van der Waals surface area contributed by atoms with Crippen LogP contribution in [0.15, 0.2) is 24.3 Å². The third kappa shape index (κ3) is 2.18. The summed E-state index contributed by atoms with van der Waals surface area (Å²) in [5.41, 5.74) is -0.424. The van der Waals surface area contributed by atoms with Crippen molar-refractivity contribution in [3.63, 3.8) is 0 Å². The van der Waals surface area contributed by atoms with Crippen LogP contribution in [0.25, 0.3) is 10.9 Å². The number of non-ortho nitro benzene ring substituents is 1. The first-order chi connectivity index (χ1) is 9.45. The summed E-state index contributed by atoms with van der Waals surface area (Å²) in [4.78, 5) is 33.1. The maximum Gasteiger partial charge on any atom is 0.419 e. The van der Waals surface area contributed by atoms with Crippen molar-refractivity contribution in [2.45, 2.75) is 6.92 Å². The Hall–Kier alpha value is -2.90. The number of aromatic nitrogens is 1. The van der Waals surface area contributed by atoms with Crippen LogP contribution < -0.4 is 0 Å². The molecule has 8 nitrogen and oxygen atoms in total. The van der Waals surface area contributed by atoms with Gasteiger partial charge >= 0.3 is 12.1 Å². The Kier molecular flexibility index (Phi) is 3.38. The van der Waals surface area contributed by atoms with Crippen LogP contribution in [0, 0.1) is 10.1 Å². The van der Waals surface area contributed by atoms with Crippen LogP contribution in [0.2, 0.25) is 0 Å². The van der Waals surface area contributed by atoms with Crippen LogP contribution in [0.5, 0.6) is 0 Å². The molecule has 1 heterocycles. The first kappa shape index (κ1) is 13.5. The van der Waals surface area contributed by atoms with Crippen LogP contribution in [-0.2, 0) is 4.74 Å². The molecule has 1 aromatic carbocycles. The summed E-state index contributed by atoms with van der Waals surface area (Å²) in [6.45, 7) is 1.64. The number of benzene rings is 1. The number of ether oxygens (including phenoxy) is 1. The summed E-state index contributed by atoms with van der Waals surface area (Å²) in [6, 6.07) is 5.02. The predicted molar refractivity (Wildman–Crippen MR) is 68.0 cm³/mol. The second-order valence-electron chi connectivity index (χ2n) is 3.87. The molecular formula is C12H10N2O6. The van der Waals surface area contributed by atoms with Gasteiger partial charge in [0, 0.05) is 17.5 Å². The first-order valence-corrected chi connectivity index (χ1v) is 5.66. The normalized spacial score (nSPS) is 10.4. The highest BCUT2D eigenvalue weighted by Crippen LogP contribution is 2.25. The van der Waals surface area contributed by atoms with Crippen molar-refractivity contribution in [1.29, 1.82) is 0 Å². The van der Waals surface area contributed by atoms with Gasteiger partial charge in [0.05, 0.1) is 17.0 Å². The third-order valence-corrected chi connectivity index (χ3v) is 2.67. The summed E-state index contributed by atoms with van der Waals surface area (Å²) in [5, 5.41) is 20.3. The zero-order valence-corrected chi connectivity index (χ0v) is 10.4. The molecule has 1 aromatic heterocycles. The molecule has 0 aliphatic carbocycles. The molecule has 0 saturated heterocycles. The van der Waals surface area contributed by atoms with Crippen molar-refractivity contribution < 1.29 is 24.4 Å². The van der Waals surface area contributed by atoms with Crippen LogP contribution in [0.4, 0.5) is 10.5 Å². The van der Waals surface area contributed by atoms with Gasteiger partial charge in [0.2, 0.25) is 0 Å². The van der Waals surface area contributed by atoms with E-state index in [4.69, 9.17) is 9.84 Å². The molecule has 20 heavy (non-hydrogen) atoms. The molecule has 0 amide bonds. The summed E-state index contributed by atoms with van der Waals surface area (Å²) >= 11 is 0. The quantitative estimate of drug-likeness (QED) is 0.680. The minimum absolute atomic E-state index is 0.0620. The SMILES string of the molecule is CCOC(=O)n1c(C(=O)O)cc2ccc([N+](=O)[O-])cc21. The van der Waals surface area contributed by atoms with E-state index in [-0.39, 0.29) is 23.5 Å². The van der Waals surface area contributed by atoms with Gasteiger partial charge in [-0.25, -0.2) is 14.2 Å². The van der Waals surface area contributed by atoms with E-state index in [0.717, 1.165) is 10.6 Å². The fourth-order valence-electron chi connectivity index (χ4n) is 1.85. The third-order valence-electron chi connectivity index (χ3n) is 2.67. The lowest BCUT2D eigenvalue weighted by atomic mass is 10.2. The summed E-state index contributed by atoms with van der Waals surface area (Å²) in [7, 11) is 0. The number of nitro benzene ring substituents is 1. The molecule has 104 valence electrons. The molecule has 8 heteroatoms. The number of carboxylic acids is 1. The number of aromatic carboxylic acids is 1. The monoisotopic (exact) mass is 278 g/mol. The van der Waals surface area contributed by atoms with Crippen LogP contribution in [0.3, 0.4) is 0 Å². The molecule has 0 unspecified atom stereocenters. The van der Waals surface area contributed by atoms with E-state index in [2.05, 4.69) is 0 Å². The Labute approximate surface area is 112 Å². The zero-order chi connectivity index (χ0) is 14.9. The fourth-order valence-corrected chi connectivity index (χ4v) is 1.85. The van der Waals surface area contributed by atoms with Crippen molar-refractivity contribution in [2.75, 3.05) is 6.61 Å². The summed E-state index contributed by atoms with van der Waals surface area (Å²) < 4.78 is 5.59. The Morgan fingerprint density at radius 2 is 2.10 bits per heavy atom. The average Bonchev–Trinajstić information content (AvgIpc) is 2.77. The number of nitrogens with zero attached hydrogens (tertiary/aromatic N) is 2. The fraction of sp³-hybridized carbons (Fsp3) is 0.167. The van der Waals surface area contributed by atoms with E-state index >= 15 is 0 Å². The Morgan fingerprint density at radius 1 is 1.40 bits per heavy atom. The first-order valence-electron chi connectivity index (χ1n) is 5.66. The van der Waals surface area contributed by atoms with Gasteiger partial charge in [0.15, 0.2) is 0 Å². The van der Waals surface area contributed by atoms with E-state index in [1.807, 2.05) is 0 Å². The van der Waals surface area contributed by atoms with Gasteiger partial charge in [-0.05, 0) is 19.1 Å². The molecule has 1 N–H and O–H groups in total. The van der Waals surface area contributed by atoms with Gasteiger partial charge in [-0.15, -0.1) is 0 Å². The number of hydrogen-bond donors (Lipinski definition) is 1. The molecular weight excluding hydrogens is 268 g/mol. The Balaban J connectivity index is 2.74. The number of nitro groups is 1. The number of rotatable bonds is 3. The number of carbonyl (C=O) groups is 2. The lowest BCUT2D eigenvalue weighted by Gasteiger charge is -2.06. The standard InChI is InChI=1S/C12H10N2O6/c1-2-20-12(17)13-9-6-8(14(18)19)4-3-7(9)5-10(13)11(15)16/h3-6H,2H2,1H3,(H,15,16). The molecule has 0 radical (unpaired) electrons. The molecule has 0 atom stereocenters. The number of carboxylic acid groups (broad SMARTS) is 1. The lowest BCUT2D eigenvalue weighted by molar-refractivity contribution is -0.384. The van der Waals surface area contributed by atoms with Gasteiger partial charge in [-0.3, -0.25) is 10.1 Å². The highest BCUT2D eigenvalue weighted by molar-refractivity contribution is 6.01. The smallest absolute Gasteiger partial charge is 0.419 e. The van der Waals surface area contributed by atoms with Crippen molar-refractivity contribution in [1.82, 2.24) is 4.57 Å². The van der Waals surface area contributed by atoms with Gasteiger partial charge < -0.3 is 9.84 Å². The summed E-state index contributed by atoms with van der Waals surface area (Å²) in [5.74, 6) is -1.32. The van der Waals surface area contributed by atoms with Crippen molar-refractivity contribution in [3.8, 4) is 0 Å². The Morgan fingerprint density at radius 3 is 2.65 bits per heavy atom. The maximum atomic E-state index is 11.8. The minimum atomic E-state index is -1.32. The van der Waals surface area contributed by atoms with Crippen molar-refractivity contribution >= 4 is 28.7 Å². The second kappa shape index (κ2) is 5.00. The van der Waals surface area contributed by atoms with E-state index in [9.17, 15) is 19.7 Å². The molecule has 0 fully saturated rings. The predicted octanol–water partition coefficient (Wildman–Crippen LogP) is 2.25. The van der Waals surface area contributed by atoms with Gasteiger partial charge in [0.25, 0.3) is 5.69 Å². The highest BCUT2D eigenvalue weighted by atomic mass is 16.6. The number of fused-ring (bicyclic) bond motifs is 1. The molecule has 0 spiro atoms. The average molecular weight is 278 g/mol. The zero-order valence-electron chi connectivity index (χ0n) is 10.4.